The fourth-order valence-electron chi connectivity index (χ4n) is 4.95. The van der Waals surface area contributed by atoms with Crippen LogP contribution >= 0.6 is 11.6 Å². The van der Waals surface area contributed by atoms with Crippen LogP contribution in [0.5, 0.6) is 11.5 Å². The standard InChI is InChI=1S/C28H25ClFNO5/c1-28(2,3)20-8-6-17(14-21(20)29)31-25(15-4-9-22-23(12-15)36-11-10-35-22)24(27(33)34)19-13-16(30)5-7-18(19)26(31)32/h4-9,12-14,24-25H,10-11H2,1-3H3,(H,33,34). The summed E-state index contributed by atoms with van der Waals surface area (Å²) in [6, 6.07) is 13.0. The lowest BCUT2D eigenvalue weighted by molar-refractivity contribution is -0.139. The maximum atomic E-state index is 14.3. The van der Waals surface area contributed by atoms with Gasteiger partial charge in [-0.05, 0) is 64.6 Å². The van der Waals surface area contributed by atoms with E-state index in [0.29, 0.717) is 41.0 Å². The zero-order valence-corrected chi connectivity index (χ0v) is 20.8. The topological polar surface area (TPSA) is 76.1 Å². The van der Waals surface area contributed by atoms with Gasteiger partial charge in [0.05, 0.1) is 6.04 Å². The van der Waals surface area contributed by atoms with Gasteiger partial charge in [0.15, 0.2) is 11.5 Å². The molecule has 6 nitrogen and oxygen atoms in total. The average molecular weight is 510 g/mol. The summed E-state index contributed by atoms with van der Waals surface area (Å²) < 4.78 is 25.6. The molecular formula is C28H25ClFNO5. The summed E-state index contributed by atoms with van der Waals surface area (Å²) in [5.74, 6) is -2.48. The van der Waals surface area contributed by atoms with Gasteiger partial charge in [-0.25, -0.2) is 4.39 Å². The maximum absolute atomic E-state index is 14.3. The molecule has 1 amide bonds. The van der Waals surface area contributed by atoms with Crippen LogP contribution in [0.25, 0.3) is 0 Å². The van der Waals surface area contributed by atoms with Crippen LogP contribution in [-0.4, -0.2) is 30.2 Å². The van der Waals surface area contributed by atoms with Crippen molar-refractivity contribution in [2.75, 3.05) is 18.1 Å². The van der Waals surface area contributed by atoms with Crippen molar-refractivity contribution < 1.29 is 28.6 Å². The minimum Gasteiger partial charge on any atom is -0.486 e. The summed E-state index contributed by atoms with van der Waals surface area (Å²) >= 11 is 6.65. The number of fused-ring (bicyclic) bond motifs is 2. The van der Waals surface area contributed by atoms with Gasteiger partial charge in [-0.3, -0.25) is 14.5 Å². The Hall–Kier alpha value is -3.58. The quantitative estimate of drug-likeness (QED) is 0.460. The van der Waals surface area contributed by atoms with Gasteiger partial charge >= 0.3 is 5.97 Å². The summed E-state index contributed by atoms with van der Waals surface area (Å²) in [5.41, 5.74) is 1.88. The number of halogens is 2. The lowest BCUT2D eigenvalue weighted by Gasteiger charge is -2.41. The van der Waals surface area contributed by atoms with Gasteiger partial charge in [-0.1, -0.05) is 44.5 Å². The molecule has 8 heteroatoms. The molecule has 0 bridgehead atoms. The number of nitrogens with zero attached hydrogens (tertiary/aromatic N) is 1. The van der Waals surface area contributed by atoms with Gasteiger partial charge in [0.25, 0.3) is 5.91 Å². The minimum absolute atomic E-state index is 0.126. The largest absolute Gasteiger partial charge is 0.486 e. The molecule has 0 fully saturated rings. The number of carbonyl (C=O) groups is 2. The normalized spacial score (nSPS) is 19.1. The first-order chi connectivity index (χ1) is 17.1. The molecule has 0 aromatic heterocycles. The molecule has 2 aliphatic heterocycles. The van der Waals surface area contributed by atoms with Gasteiger partial charge in [0.1, 0.15) is 24.9 Å². The van der Waals surface area contributed by atoms with E-state index >= 15 is 0 Å². The van der Waals surface area contributed by atoms with Crippen molar-refractivity contribution in [2.24, 2.45) is 0 Å². The highest BCUT2D eigenvalue weighted by atomic mass is 35.5. The molecule has 5 rings (SSSR count). The highest BCUT2D eigenvalue weighted by Crippen LogP contribution is 2.48. The molecule has 0 aliphatic carbocycles. The number of carboxylic acids is 1. The van der Waals surface area contributed by atoms with Crippen molar-refractivity contribution in [1.29, 1.82) is 0 Å². The highest BCUT2D eigenvalue weighted by molar-refractivity contribution is 6.32. The molecule has 0 spiro atoms. The third-order valence-corrected chi connectivity index (χ3v) is 6.92. The van der Waals surface area contributed by atoms with Crippen LogP contribution in [0, 0.1) is 5.82 Å². The van der Waals surface area contributed by atoms with Crippen molar-refractivity contribution in [2.45, 2.75) is 38.1 Å². The van der Waals surface area contributed by atoms with Crippen molar-refractivity contribution >= 4 is 29.2 Å². The van der Waals surface area contributed by atoms with Gasteiger partial charge in [-0.15, -0.1) is 0 Å². The minimum atomic E-state index is -1.24. The smallest absolute Gasteiger partial charge is 0.313 e. The van der Waals surface area contributed by atoms with Gasteiger partial charge in [0.2, 0.25) is 0 Å². The molecule has 2 unspecified atom stereocenters. The van der Waals surface area contributed by atoms with Crippen LogP contribution in [-0.2, 0) is 10.2 Å². The van der Waals surface area contributed by atoms with E-state index in [2.05, 4.69) is 0 Å². The summed E-state index contributed by atoms with van der Waals surface area (Å²) in [5, 5.41) is 10.8. The van der Waals surface area contributed by atoms with Crippen molar-refractivity contribution in [3.05, 3.63) is 87.7 Å². The van der Waals surface area contributed by atoms with Crippen LogP contribution < -0.4 is 14.4 Å². The summed E-state index contributed by atoms with van der Waals surface area (Å²) in [7, 11) is 0. The first kappa shape index (κ1) is 24.1. The lowest BCUT2D eigenvalue weighted by atomic mass is 9.79. The second-order valence-corrected chi connectivity index (χ2v) is 10.4. The summed E-state index contributed by atoms with van der Waals surface area (Å²) in [4.78, 5) is 28.0. The molecule has 0 radical (unpaired) electrons. The number of hydrogen-bond donors (Lipinski definition) is 1. The second-order valence-electron chi connectivity index (χ2n) is 9.98. The van der Waals surface area contributed by atoms with E-state index in [4.69, 9.17) is 21.1 Å². The number of rotatable bonds is 3. The first-order valence-corrected chi connectivity index (χ1v) is 12.0. The van der Waals surface area contributed by atoms with Crippen molar-refractivity contribution in [3.63, 3.8) is 0 Å². The number of amides is 1. The fourth-order valence-corrected chi connectivity index (χ4v) is 5.41. The molecule has 3 aromatic rings. The van der Waals surface area contributed by atoms with Crippen LogP contribution in [0.2, 0.25) is 5.02 Å². The molecule has 36 heavy (non-hydrogen) atoms. The van der Waals surface area contributed by atoms with Crippen LogP contribution in [0.4, 0.5) is 10.1 Å². The SMILES string of the molecule is CC(C)(C)c1ccc(N2C(=O)c3ccc(F)cc3C(C(=O)O)C2c2ccc3c(c2)OCCO3)cc1Cl. The summed E-state index contributed by atoms with van der Waals surface area (Å²) in [6.45, 7) is 6.85. The Morgan fingerprint density at radius 2 is 1.75 bits per heavy atom. The van der Waals surface area contributed by atoms with Crippen LogP contribution in [0.3, 0.4) is 0 Å². The van der Waals surface area contributed by atoms with E-state index in [9.17, 15) is 19.1 Å². The zero-order chi connectivity index (χ0) is 25.8. The fraction of sp³-hybridized carbons (Fsp3) is 0.286. The van der Waals surface area contributed by atoms with Crippen molar-refractivity contribution in [3.8, 4) is 11.5 Å². The molecule has 1 N–H and O–H groups in total. The molecule has 3 aromatic carbocycles. The predicted molar refractivity (Wildman–Crippen MR) is 134 cm³/mol. The van der Waals surface area contributed by atoms with E-state index < -0.39 is 29.7 Å². The number of aliphatic carboxylic acids is 1. The van der Waals surface area contributed by atoms with Crippen molar-refractivity contribution in [1.82, 2.24) is 0 Å². The Bertz CT molecular complexity index is 1380. The van der Waals surface area contributed by atoms with E-state index in [1.807, 2.05) is 26.8 Å². The predicted octanol–water partition coefficient (Wildman–Crippen LogP) is 6.12. The molecule has 2 heterocycles. The Morgan fingerprint density at radius 1 is 1.03 bits per heavy atom. The number of anilines is 1. The molecule has 0 saturated heterocycles. The Balaban J connectivity index is 1.74. The molecule has 2 aliphatic rings. The van der Waals surface area contributed by atoms with Gasteiger partial charge in [0, 0.05) is 16.3 Å². The first-order valence-electron chi connectivity index (χ1n) is 11.6. The highest BCUT2D eigenvalue weighted by Gasteiger charge is 2.46. The monoisotopic (exact) mass is 509 g/mol. The van der Waals surface area contributed by atoms with E-state index in [1.165, 1.54) is 11.0 Å². The zero-order valence-electron chi connectivity index (χ0n) is 20.0. The maximum Gasteiger partial charge on any atom is 0.313 e. The Kier molecular flexibility index (Phi) is 5.91. The molecular weight excluding hydrogens is 485 g/mol. The lowest BCUT2D eigenvalue weighted by Crippen LogP contribution is -2.45. The number of hydrogen-bond acceptors (Lipinski definition) is 4. The van der Waals surface area contributed by atoms with Gasteiger partial charge in [-0.2, -0.15) is 0 Å². The molecule has 2 atom stereocenters. The summed E-state index contributed by atoms with van der Waals surface area (Å²) in [6.07, 6.45) is 0. The van der Waals surface area contributed by atoms with E-state index in [1.54, 1.807) is 30.3 Å². The number of carbonyl (C=O) groups excluding carboxylic acids is 1. The van der Waals surface area contributed by atoms with Gasteiger partial charge < -0.3 is 14.6 Å². The number of carboxylic acid groups (broad SMARTS) is 1. The van der Waals surface area contributed by atoms with Crippen LogP contribution in [0.15, 0.2) is 54.6 Å². The van der Waals surface area contributed by atoms with E-state index in [0.717, 1.165) is 17.7 Å². The third kappa shape index (κ3) is 4.07. The third-order valence-electron chi connectivity index (χ3n) is 6.60. The van der Waals surface area contributed by atoms with E-state index in [-0.39, 0.29) is 16.5 Å². The Labute approximate surface area is 213 Å². The molecule has 0 saturated carbocycles. The molecule has 186 valence electrons. The number of benzene rings is 3. The Morgan fingerprint density at radius 3 is 2.42 bits per heavy atom. The van der Waals surface area contributed by atoms with Crippen LogP contribution in [0.1, 0.15) is 59.8 Å². The average Bonchev–Trinajstić information content (AvgIpc) is 2.82. The second kappa shape index (κ2) is 8.82. The number of ether oxygens (including phenoxy) is 2.